The van der Waals surface area contributed by atoms with Crippen LogP contribution in [0.4, 0.5) is 0 Å². The molecule has 2 aromatic rings. The van der Waals surface area contributed by atoms with Gasteiger partial charge in [-0.15, -0.1) is 0 Å². The van der Waals surface area contributed by atoms with Gasteiger partial charge >= 0.3 is 0 Å². The van der Waals surface area contributed by atoms with Crippen LogP contribution in [0.2, 0.25) is 5.02 Å². The lowest BCUT2D eigenvalue weighted by atomic mass is 10.0. The molecule has 1 aromatic carbocycles. The van der Waals surface area contributed by atoms with E-state index in [2.05, 4.69) is 41.2 Å². The Kier molecular flexibility index (Phi) is 5.79. The lowest BCUT2D eigenvalue weighted by Gasteiger charge is -2.42. The quantitative estimate of drug-likeness (QED) is 0.850. The van der Waals surface area contributed by atoms with E-state index in [-0.39, 0.29) is 11.6 Å². The van der Waals surface area contributed by atoms with Crippen LogP contribution >= 0.6 is 11.6 Å². The molecule has 3 rings (SSSR count). The normalized spacial score (nSPS) is 19.0. The Morgan fingerprint density at radius 3 is 2.72 bits per heavy atom. The number of halogens is 1. The first-order valence-electron chi connectivity index (χ1n) is 8.68. The second-order valence-corrected chi connectivity index (χ2v) is 7.56. The molecular weight excluding hydrogens is 338 g/mol. The van der Waals surface area contributed by atoms with Gasteiger partial charge in [-0.3, -0.25) is 4.90 Å². The summed E-state index contributed by atoms with van der Waals surface area (Å²) in [5, 5.41) is 4.26. The third-order valence-corrected chi connectivity index (χ3v) is 4.71. The molecule has 1 aliphatic rings. The Morgan fingerprint density at radius 2 is 2.08 bits per heavy atom. The molecule has 1 N–H and O–H groups in total. The number of morpholine rings is 1. The predicted octanol–water partition coefficient (Wildman–Crippen LogP) is 3.58. The predicted molar refractivity (Wildman–Crippen MR) is 98.7 cm³/mol. The average Bonchev–Trinajstić information content (AvgIpc) is 2.97. The number of rotatable bonds is 6. The van der Waals surface area contributed by atoms with Crippen LogP contribution in [0.3, 0.4) is 0 Å². The largest absolute Gasteiger partial charge is 0.445 e. The lowest BCUT2D eigenvalue weighted by molar-refractivity contribution is -0.0974. The first-order chi connectivity index (χ1) is 11.9. The topological polar surface area (TPSA) is 50.5 Å². The van der Waals surface area contributed by atoms with Crippen molar-refractivity contribution in [1.29, 1.82) is 0 Å². The maximum atomic E-state index is 6.07. The summed E-state index contributed by atoms with van der Waals surface area (Å²) < 4.78 is 11.4. The zero-order valence-corrected chi connectivity index (χ0v) is 15.8. The maximum absolute atomic E-state index is 6.07. The number of nitrogens with one attached hydrogen (secondary N) is 1. The van der Waals surface area contributed by atoms with E-state index in [0.29, 0.717) is 12.4 Å². The van der Waals surface area contributed by atoms with Gasteiger partial charge in [-0.1, -0.05) is 23.7 Å². The average molecular weight is 364 g/mol. The van der Waals surface area contributed by atoms with Gasteiger partial charge in [0.25, 0.3) is 0 Å². The molecule has 136 valence electrons. The standard InChI is InChI=1S/C19H26ClN3O2/c1-14-22-11-17(25-14)10-21-12-18(15-4-6-16(20)7-5-15)23-8-9-24-19(2,3)13-23/h4-7,11,18,21H,8-10,12-13H2,1-3H3. The van der Waals surface area contributed by atoms with Gasteiger partial charge in [0.15, 0.2) is 5.89 Å². The van der Waals surface area contributed by atoms with Crippen LogP contribution in [-0.4, -0.2) is 41.7 Å². The van der Waals surface area contributed by atoms with Crippen molar-refractivity contribution in [1.82, 2.24) is 15.2 Å². The molecule has 0 saturated carbocycles. The summed E-state index contributed by atoms with van der Waals surface area (Å²) in [7, 11) is 0. The molecule has 1 fully saturated rings. The number of aryl methyl sites for hydroxylation is 1. The van der Waals surface area contributed by atoms with Crippen LogP contribution in [0.5, 0.6) is 0 Å². The van der Waals surface area contributed by atoms with E-state index in [9.17, 15) is 0 Å². The summed E-state index contributed by atoms with van der Waals surface area (Å²) in [6.45, 7) is 10.2. The van der Waals surface area contributed by atoms with Gasteiger partial charge in [0, 0.05) is 37.6 Å². The summed E-state index contributed by atoms with van der Waals surface area (Å²) in [5.74, 6) is 1.55. The molecule has 25 heavy (non-hydrogen) atoms. The Morgan fingerprint density at radius 1 is 1.32 bits per heavy atom. The van der Waals surface area contributed by atoms with Gasteiger partial charge in [0.2, 0.25) is 0 Å². The molecule has 0 aliphatic carbocycles. The van der Waals surface area contributed by atoms with Crippen molar-refractivity contribution >= 4 is 11.6 Å². The highest BCUT2D eigenvalue weighted by Gasteiger charge is 2.31. The molecule has 1 aliphatic heterocycles. The molecule has 1 atom stereocenters. The number of hydrogen-bond donors (Lipinski definition) is 1. The van der Waals surface area contributed by atoms with Gasteiger partial charge in [-0.2, -0.15) is 0 Å². The van der Waals surface area contributed by atoms with Crippen LogP contribution in [0.15, 0.2) is 34.9 Å². The Hall–Kier alpha value is -1.40. The van der Waals surface area contributed by atoms with Crippen molar-refractivity contribution in [3.63, 3.8) is 0 Å². The van der Waals surface area contributed by atoms with E-state index in [4.69, 9.17) is 20.8 Å². The fourth-order valence-electron chi connectivity index (χ4n) is 3.28. The third-order valence-electron chi connectivity index (χ3n) is 4.46. The van der Waals surface area contributed by atoms with Crippen LogP contribution in [0.25, 0.3) is 0 Å². The first-order valence-corrected chi connectivity index (χ1v) is 9.06. The third kappa shape index (κ3) is 5.05. The van der Waals surface area contributed by atoms with Crippen molar-refractivity contribution in [3.05, 3.63) is 52.7 Å². The van der Waals surface area contributed by atoms with E-state index in [1.165, 1.54) is 5.56 Å². The van der Waals surface area contributed by atoms with Gasteiger partial charge in [0.1, 0.15) is 5.76 Å². The fraction of sp³-hybridized carbons (Fsp3) is 0.526. The van der Waals surface area contributed by atoms with Crippen molar-refractivity contribution in [3.8, 4) is 0 Å². The molecule has 1 aromatic heterocycles. The number of nitrogens with zero attached hydrogens (tertiary/aromatic N) is 2. The second kappa shape index (κ2) is 7.87. The molecule has 0 amide bonds. The van der Waals surface area contributed by atoms with E-state index in [0.717, 1.165) is 37.0 Å². The Labute approximate surface area is 154 Å². The van der Waals surface area contributed by atoms with Crippen molar-refractivity contribution in [2.75, 3.05) is 26.2 Å². The highest BCUT2D eigenvalue weighted by molar-refractivity contribution is 6.30. The minimum absolute atomic E-state index is 0.134. The number of aromatic nitrogens is 1. The van der Waals surface area contributed by atoms with E-state index >= 15 is 0 Å². The maximum Gasteiger partial charge on any atom is 0.191 e. The number of ether oxygens (including phenoxy) is 1. The van der Waals surface area contributed by atoms with Crippen molar-refractivity contribution in [2.24, 2.45) is 0 Å². The zero-order chi connectivity index (χ0) is 17.9. The highest BCUT2D eigenvalue weighted by Crippen LogP contribution is 2.27. The van der Waals surface area contributed by atoms with Crippen molar-refractivity contribution in [2.45, 2.75) is 39.0 Å². The van der Waals surface area contributed by atoms with Crippen LogP contribution in [0.1, 0.15) is 37.1 Å². The molecule has 5 nitrogen and oxygen atoms in total. The summed E-state index contributed by atoms with van der Waals surface area (Å²) in [6, 6.07) is 8.38. The Balaban J connectivity index is 1.70. The van der Waals surface area contributed by atoms with Crippen molar-refractivity contribution < 1.29 is 9.15 Å². The molecule has 0 spiro atoms. The summed E-state index contributed by atoms with van der Waals surface area (Å²) in [6.07, 6.45) is 1.78. The molecule has 0 radical (unpaired) electrons. The number of benzene rings is 1. The summed E-state index contributed by atoms with van der Waals surface area (Å²) >= 11 is 6.07. The number of oxazole rings is 1. The monoisotopic (exact) mass is 363 g/mol. The van der Waals surface area contributed by atoms with Gasteiger partial charge in [-0.05, 0) is 31.5 Å². The van der Waals surface area contributed by atoms with Gasteiger partial charge < -0.3 is 14.5 Å². The van der Waals surface area contributed by atoms with Crippen LogP contribution < -0.4 is 5.32 Å². The molecular formula is C19H26ClN3O2. The molecule has 1 unspecified atom stereocenters. The molecule has 0 bridgehead atoms. The minimum Gasteiger partial charge on any atom is -0.445 e. The van der Waals surface area contributed by atoms with E-state index < -0.39 is 0 Å². The molecule has 1 saturated heterocycles. The SMILES string of the molecule is Cc1ncc(CNCC(c2ccc(Cl)cc2)N2CCOC(C)(C)C2)o1. The summed E-state index contributed by atoms with van der Waals surface area (Å²) in [4.78, 5) is 6.62. The highest BCUT2D eigenvalue weighted by atomic mass is 35.5. The van der Waals surface area contributed by atoms with E-state index in [1.54, 1.807) is 6.20 Å². The number of hydrogen-bond acceptors (Lipinski definition) is 5. The summed E-state index contributed by atoms with van der Waals surface area (Å²) in [5.41, 5.74) is 1.12. The van der Waals surface area contributed by atoms with Gasteiger partial charge in [0.05, 0.1) is 24.9 Å². The zero-order valence-electron chi connectivity index (χ0n) is 15.1. The van der Waals surface area contributed by atoms with Crippen LogP contribution in [-0.2, 0) is 11.3 Å². The fourth-order valence-corrected chi connectivity index (χ4v) is 3.41. The van der Waals surface area contributed by atoms with Gasteiger partial charge in [-0.25, -0.2) is 4.98 Å². The van der Waals surface area contributed by atoms with E-state index in [1.807, 2.05) is 19.1 Å². The minimum atomic E-state index is -0.134. The Bertz CT molecular complexity index is 684. The second-order valence-electron chi connectivity index (χ2n) is 7.12. The van der Waals surface area contributed by atoms with Crippen LogP contribution in [0, 0.1) is 6.92 Å². The lowest BCUT2D eigenvalue weighted by Crippen LogP contribution is -2.51. The molecule has 6 heteroatoms. The smallest absolute Gasteiger partial charge is 0.191 e. The molecule has 2 heterocycles. The first kappa shape index (κ1) is 18.4.